The Balaban J connectivity index is 2.57. The normalized spacial score (nSPS) is 12.2. The smallest absolute Gasteiger partial charge is 0.305 e. The van der Waals surface area contributed by atoms with E-state index in [2.05, 4.69) is 18.2 Å². The SMILES string of the molecule is CCOC(=O)CCC(Cl)c1cc(C)cc(C)c1. The minimum absolute atomic E-state index is 0.127. The number of esters is 1. The van der Waals surface area contributed by atoms with Crippen LogP contribution in [0.5, 0.6) is 0 Å². The molecule has 1 rings (SSSR count). The highest BCUT2D eigenvalue weighted by atomic mass is 35.5. The highest BCUT2D eigenvalue weighted by Gasteiger charge is 2.11. The van der Waals surface area contributed by atoms with Crippen molar-refractivity contribution in [1.82, 2.24) is 0 Å². The van der Waals surface area contributed by atoms with Crippen LogP contribution in [0, 0.1) is 13.8 Å². The largest absolute Gasteiger partial charge is 0.466 e. The molecular weight excluding hydrogens is 236 g/mol. The molecule has 0 amide bonds. The zero-order valence-electron chi connectivity index (χ0n) is 10.6. The van der Waals surface area contributed by atoms with Crippen LogP contribution in [0.2, 0.25) is 0 Å². The number of hydrogen-bond acceptors (Lipinski definition) is 2. The summed E-state index contributed by atoms with van der Waals surface area (Å²) in [6.45, 7) is 6.33. The van der Waals surface area contributed by atoms with Crippen molar-refractivity contribution in [2.45, 2.75) is 39.0 Å². The Bertz CT molecular complexity index is 368. The van der Waals surface area contributed by atoms with Crippen LogP contribution in [-0.4, -0.2) is 12.6 Å². The van der Waals surface area contributed by atoms with Gasteiger partial charge in [0.1, 0.15) is 0 Å². The molecule has 2 nitrogen and oxygen atoms in total. The summed E-state index contributed by atoms with van der Waals surface area (Å²) < 4.78 is 4.88. The first-order valence-corrected chi connectivity index (χ1v) is 6.34. The molecule has 1 unspecified atom stereocenters. The second-order valence-corrected chi connectivity index (χ2v) is 4.76. The number of carbonyl (C=O) groups is 1. The van der Waals surface area contributed by atoms with Gasteiger partial charge in [-0.15, -0.1) is 11.6 Å². The first kappa shape index (κ1) is 14.0. The molecule has 0 N–H and O–H groups in total. The van der Waals surface area contributed by atoms with Gasteiger partial charge < -0.3 is 4.74 Å². The summed E-state index contributed by atoms with van der Waals surface area (Å²) in [6, 6.07) is 6.24. The Morgan fingerprint density at radius 1 is 1.29 bits per heavy atom. The Morgan fingerprint density at radius 3 is 2.41 bits per heavy atom. The van der Waals surface area contributed by atoms with Gasteiger partial charge in [0.05, 0.1) is 12.0 Å². The fourth-order valence-corrected chi connectivity index (χ4v) is 2.07. The predicted octanol–water partition coefficient (Wildman–Crippen LogP) is 3.93. The number of alkyl halides is 1. The molecule has 17 heavy (non-hydrogen) atoms. The lowest BCUT2D eigenvalue weighted by molar-refractivity contribution is -0.143. The lowest BCUT2D eigenvalue weighted by Crippen LogP contribution is -2.05. The fraction of sp³-hybridized carbons (Fsp3) is 0.500. The van der Waals surface area contributed by atoms with Crippen molar-refractivity contribution in [3.8, 4) is 0 Å². The molecule has 0 radical (unpaired) electrons. The van der Waals surface area contributed by atoms with E-state index in [0.717, 1.165) is 5.56 Å². The summed E-state index contributed by atoms with van der Waals surface area (Å²) in [4.78, 5) is 11.2. The zero-order chi connectivity index (χ0) is 12.8. The summed E-state index contributed by atoms with van der Waals surface area (Å²) in [7, 11) is 0. The summed E-state index contributed by atoms with van der Waals surface area (Å²) in [5, 5.41) is -0.127. The van der Waals surface area contributed by atoms with Crippen molar-refractivity contribution >= 4 is 17.6 Å². The number of aryl methyl sites for hydroxylation is 2. The second kappa shape index (κ2) is 6.65. The highest BCUT2D eigenvalue weighted by Crippen LogP contribution is 2.27. The van der Waals surface area contributed by atoms with E-state index in [4.69, 9.17) is 16.3 Å². The molecule has 0 saturated heterocycles. The van der Waals surface area contributed by atoms with Gasteiger partial charge >= 0.3 is 5.97 Å². The topological polar surface area (TPSA) is 26.3 Å². The van der Waals surface area contributed by atoms with E-state index in [1.165, 1.54) is 11.1 Å². The van der Waals surface area contributed by atoms with Crippen molar-refractivity contribution in [3.63, 3.8) is 0 Å². The van der Waals surface area contributed by atoms with Gasteiger partial charge in [0, 0.05) is 6.42 Å². The number of ether oxygens (including phenoxy) is 1. The first-order chi connectivity index (χ1) is 8.02. The van der Waals surface area contributed by atoms with Crippen LogP contribution in [0.4, 0.5) is 0 Å². The minimum Gasteiger partial charge on any atom is -0.466 e. The highest BCUT2D eigenvalue weighted by molar-refractivity contribution is 6.20. The second-order valence-electron chi connectivity index (χ2n) is 4.23. The molecule has 0 aromatic heterocycles. The van der Waals surface area contributed by atoms with E-state index >= 15 is 0 Å². The molecule has 1 aromatic rings. The molecule has 0 bridgehead atoms. The monoisotopic (exact) mass is 254 g/mol. The molecule has 3 heteroatoms. The molecule has 0 aliphatic heterocycles. The molecule has 1 atom stereocenters. The number of carbonyl (C=O) groups excluding carboxylic acids is 1. The Hall–Kier alpha value is -1.02. The Morgan fingerprint density at radius 2 is 1.88 bits per heavy atom. The zero-order valence-corrected chi connectivity index (χ0v) is 11.4. The van der Waals surface area contributed by atoms with Crippen molar-refractivity contribution in [3.05, 3.63) is 34.9 Å². The number of rotatable bonds is 5. The van der Waals surface area contributed by atoms with Gasteiger partial charge in [-0.3, -0.25) is 4.79 Å². The average Bonchev–Trinajstić information content (AvgIpc) is 2.25. The van der Waals surface area contributed by atoms with Gasteiger partial charge in [0.15, 0.2) is 0 Å². The first-order valence-electron chi connectivity index (χ1n) is 5.90. The van der Waals surface area contributed by atoms with Crippen molar-refractivity contribution in [2.24, 2.45) is 0 Å². The average molecular weight is 255 g/mol. The molecule has 0 aliphatic carbocycles. The fourth-order valence-electron chi connectivity index (χ4n) is 1.84. The number of benzene rings is 1. The third-order valence-corrected chi connectivity index (χ3v) is 2.98. The van der Waals surface area contributed by atoms with Crippen LogP contribution < -0.4 is 0 Å². The summed E-state index contributed by atoms with van der Waals surface area (Å²) in [6.07, 6.45) is 0.984. The van der Waals surface area contributed by atoms with Crippen LogP contribution >= 0.6 is 11.6 Å². The summed E-state index contributed by atoms with van der Waals surface area (Å²) in [5.74, 6) is -0.178. The minimum atomic E-state index is -0.178. The van der Waals surface area contributed by atoms with E-state index in [1.54, 1.807) is 6.92 Å². The Kier molecular flexibility index (Phi) is 5.49. The third kappa shape index (κ3) is 4.78. The molecule has 0 spiro atoms. The van der Waals surface area contributed by atoms with Gasteiger partial charge in [0.2, 0.25) is 0 Å². The van der Waals surface area contributed by atoms with Gasteiger partial charge in [-0.05, 0) is 32.8 Å². The number of halogens is 1. The van der Waals surface area contributed by atoms with Crippen LogP contribution in [-0.2, 0) is 9.53 Å². The summed E-state index contributed by atoms with van der Waals surface area (Å²) in [5.41, 5.74) is 3.47. The van der Waals surface area contributed by atoms with Crippen molar-refractivity contribution < 1.29 is 9.53 Å². The Labute approximate surface area is 108 Å². The maximum absolute atomic E-state index is 11.2. The standard InChI is InChI=1S/C14H19ClO2/c1-4-17-14(16)6-5-13(15)12-8-10(2)7-11(3)9-12/h7-9,13H,4-6H2,1-3H3. The maximum Gasteiger partial charge on any atom is 0.305 e. The van der Waals surface area contributed by atoms with E-state index in [0.29, 0.717) is 19.4 Å². The summed E-state index contributed by atoms with van der Waals surface area (Å²) >= 11 is 6.29. The predicted molar refractivity (Wildman–Crippen MR) is 70.4 cm³/mol. The quantitative estimate of drug-likeness (QED) is 0.588. The molecule has 0 aliphatic rings. The van der Waals surface area contributed by atoms with E-state index < -0.39 is 0 Å². The van der Waals surface area contributed by atoms with Crippen LogP contribution in [0.25, 0.3) is 0 Å². The van der Waals surface area contributed by atoms with Gasteiger partial charge in [-0.2, -0.15) is 0 Å². The van der Waals surface area contributed by atoms with Crippen molar-refractivity contribution in [1.29, 1.82) is 0 Å². The number of hydrogen-bond donors (Lipinski definition) is 0. The lowest BCUT2D eigenvalue weighted by Gasteiger charge is -2.11. The lowest BCUT2D eigenvalue weighted by atomic mass is 10.0. The van der Waals surface area contributed by atoms with Gasteiger partial charge in [0.25, 0.3) is 0 Å². The van der Waals surface area contributed by atoms with E-state index in [-0.39, 0.29) is 11.3 Å². The van der Waals surface area contributed by atoms with Gasteiger partial charge in [-0.1, -0.05) is 29.3 Å². The maximum atomic E-state index is 11.2. The van der Waals surface area contributed by atoms with Crippen LogP contribution in [0.1, 0.15) is 41.8 Å². The molecule has 0 saturated carbocycles. The molecule has 0 heterocycles. The molecule has 0 fully saturated rings. The molecule has 94 valence electrons. The van der Waals surface area contributed by atoms with Crippen molar-refractivity contribution in [2.75, 3.05) is 6.61 Å². The molecular formula is C14H19ClO2. The van der Waals surface area contributed by atoms with Crippen LogP contribution in [0.3, 0.4) is 0 Å². The van der Waals surface area contributed by atoms with E-state index in [9.17, 15) is 4.79 Å². The van der Waals surface area contributed by atoms with Gasteiger partial charge in [-0.25, -0.2) is 0 Å². The van der Waals surface area contributed by atoms with E-state index in [1.807, 2.05) is 13.8 Å². The van der Waals surface area contributed by atoms with Crippen LogP contribution in [0.15, 0.2) is 18.2 Å². The molecule has 1 aromatic carbocycles. The third-order valence-electron chi connectivity index (χ3n) is 2.51.